The third-order valence-electron chi connectivity index (χ3n) is 7.95. The summed E-state index contributed by atoms with van der Waals surface area (Å²) in [5.74, 6) is -0.857. The van der Waals surface area contributed by atoms with Gasteiger partial charge in [-0.3, -0.25) is 14.4 Å². The van der Waals surface area contributed by atoms with Crippen molar-refractivity contribution in [2.45, 2.75) is 116 Å². The van der Waals surface area contributed by atoms with Crippen LogP contribution in [-0.2, 0) is 30.0 Å². The maximum absolute atomic E-state index is 13.1. The minimum absolute atomic E-state index is 0.136. The molecule has 0 aliphatic heterocycles. The number of ether oxygens (including phenoxy) is 1. The normalized spacial score (nSPS) is 15.2. The summed E-state index contributed by atoms with van der Waals surface area (Å²) in [7, 11) is 0. The second-order valence-corrected chi connectivity index (χ2v) is 11.3. The van der Waals surface area contributed by atoms with Crippen molar-refractivity contribution in [2.24, 2.45) is 0 Å². The van der Waals surface area contributed by atoms with Crippen LogP contribution in [0.5, 0.6) is 0 Å². The van der Waals surface area contributed by atoms with E-state index in [1.54, 1.807) is 6.92 Å². The van der Waals surface area contributed by atoms with E-state index in [-0.39, 0.29) is 17.9 Å². The first kappa shape index (κ1) is 31.3. The Balaban J connectivity index is 1.85. The molecule has 5 heteroatoms. The van der Waals surface area contributed by atoms with Gasteiger partial charge >= 0.3 is 11.9 Å². The lowest BCUT2D eigenvalue weighted by molar-refractivity contribution is -0.155. The van der Waals surface area contributed by atoms with Crippen molar-refractivity contribution in [2.75, 3.05) is 0 Å². The van der Waals surface area contributed by atoms with Gasteiger partial charge < -0.3 is 9.84 Å². The molecule has 3 unspecified atom stereocenters. The van der Waals surface area contributed by atoms with Gasteiger partial charge in [0.2, 0.25) is 0 Å². The lowest BCUT2D eigenvalue weighted by atomic mass is 9.77. The predicted octanol–water partition coefficient (Wildman–Crippen LogP) is 7.64. The first-order valence-electron chi connectivity index (χ1n) is 14.0. The average Bonchev–Trinajstić information content (AvgIpc) is 2.89. The van der Waals surface area contributed by atoms with Gasteiger partial charge in [-0.1, -0.05) is 79.4 Å². The number of esters is 1. The number of carbonyl (C=O) groups is 3. The highest BCUT2D eigenvalue weighted by Gasteiger charge is 2.37. The van der Waals surface area contributed by atoms with E-state index in [1.165, 1.54) is 0 Å². The van der Waals surface area contributed by atoms with Crippen molar-refractivity contribution in [3.63, 3.8) is 0 Å². The summed E-state index contributed by atoms with van der Waals surface area (Å²) in [6.45, 7) is 11.6. The van der Waals surface area contributed by atoms with Crippen molar-refractivity contribution in [3.8, 4) is 0 Å². The average molecular weight is 523 g/mol. The largest absolute Gasteiger partial charge is 0.481 e. The minimum atomic E-state index is -0.957. The van der Waals surface area contributed by atoms with E-state index < -0.39 is 16.8 Å². The molecule has 0 radical (unpaired) electrons. The van der Waals surface area contributed by atoms with Gasteiger partial charge in [0.15, 0.2) is 0 Å². The van der Waals surface area contributed by atoms with Crippen LogP contribution < -0.4 is 0 Å². The third kappa shape index (κ3) is 8.54. The van der Waals surface area contributed by atoms with Gasteiger partial charge in [-0.25, -0.2) is 0 Å². The molecule has 2 rings (SSSR count). The van der Waals surface area contributed by atoms with E-state index in [2.05, 4.69) is 0 Å². The molecule has 0 bridgehead atoms. The fourth-order valence-electron chi connectivity index (χ4n) is 4.70. The number of unbranched alkanes of at least 4 members (excludes halogenated alkanes) is 2. The van der Waals surface area contributed by atoms with Gasteiger partial charge in [-0.2, -0.15) is 0 Å². The minimum Gasteiger partial charge on any atom is -0.481 e. The first-order valence-corrected chi connectivity index (χ1v) is 14.0. The Morgan fingerprint density at radius 3 is 1.61 bits per heavy atom. The molecule has 2 aromatic carbocycles. The van der Waals surface area contributed by atoms with Crippen molar-refractivity contribution in [1.29, 1.82) is 0 Å². The smallest absolute Gasteiger partial charge is 0.316 e. The lowest BCUT2D eigenvalue weighted by Gasteiger charge is -2.29. The van der Waals surface area contributed by atoms with Crippen LogP contribution in [0.4, 0.5) is 0 Å². The second-order valence-electron chi connectivity index (χ2n) is 11.3. The molecule has 0 aliphatic carbocycles. The second kappa shape index (κ2) is 14.3. The molecule has 1 N–H and O–H groups in total. The molecule has 0 amide bonds. The molecule has 0 spiro atoms. The summed E-state index contributed by atoms with van der Waals surface area (Å²) in [6.07, 6.45) is 5.48. The van der Waals surface area contributed by atoms with Crippen LogP contribution in [0.1, 0.15) is 108 Å². The number of benzene rings is 2. The van der Waals surface area contributed by atoms with E-state index in [0.717, 1.165) is 35.1 Å². The number of aryl methyl sites for hydroxylation is 2. The van der Waals surface area contributed by atoms with Crippen molar-refractivity contribution < 1.29 is 24.2 Å². The summed E-state index contributed by atoms with van der Waals surface area (Å²) < 4.78 is 5.73. The van der Waals surface area contributed by atoms with Gasteiger partial charge in [0.05, 0.1) is 16.9 Å². The van der Waals surface area contributed by atoms with E-state index in [9.17, 15) is 19.5 Å². The highest BCUT2D eigenvalue weighted by molar-refractivity contribution is 5.83. The number of Topliss-reactive ketones (excluding diaryl/α,β-unsaturated/α-hetero) is 1. The zero-order valence-electron chi connectivity index (χ0n) is 24.1. The fourth-order valence-corrected chi connectivity index (χ4v) is 4.70. The number of ketones is 1. The molecule has 38 heavy (non-hydrogen) atoms. The van der Waals surface area contributed by atoms with Crippen LogP contribution in [0.25, 0.3) is 0 Å². The van der Waals surface area contributed by atoms with Crippen molar-refractivity contribution >= 4 is 17.7 Å². The molecule has 0 heterocycles. The molecule has 0 saturated carbocycles. The topological polar surface area (TPSA) is 80.7 Å². The number of carboxylic acid groups (broad SMARTS) is 1. The van der Waals surface area contributed by atoms with Crippen LogP contribution in [0.2, 0.25) is 0 Å². The zero-order chi connectivity index (χ0) is 28.3. The van der Waals surface area contributed by atoms with Gasteiger partial charge in [0.25, 0.3) is 0 Å². The van der Waals surface area contributed by atoms with E-state index >= 15 is 0 Å². The maximum atomic E-state index is 13.1. The number of hydrogen-bond donors (Lipinski definition) is 1. The van der Waals surface area contributed by atoms with E-state index in [0.29, 0.717) is 44.9 Å². The number of carboxylic acids is 1. The number of hydrogen-bond acceptors (Lipinski definition) is 4. The number of aliphatic carboxylic acids is 1. The maximum Gasteiger partial charge on any atom is 0.316 e. The van der Waals surface area contributed by atoms with E-state index in [1.807, 2.05) is 83.1 Å². The zero-order valence-corrected chi connectivity index (χ0v) is 24.1. The van der Waals surface area contributed by atoms with Crippen LogP contribution in [0, 0.1) is 13.8 Å². The molecule has 2 aromatic rings. The molecule has 3 atom stereocenters. The van der Waals surface area contributed by atoms with Gasteiger partial charge in [0, 0.05) is 12.8 Å². The number of rotatable bonds is 16. The molecule has 0 saturated heterocycles. The first-order chi connectivity index (χ1) is 17.9. The van der Waals surface area contributed by atoms with Crippen LogP contribution in [-0.4, -0.2) is 28.9 Å². The highest BCUT2D eigenvalue weighted by Crippen LogP contribution is 2.33. The standard InChI is InChI=1S/C33H46O5/c1-7-26(4)38-31(37)33(6,28-20-16-25(3)17-21-28)23-11-9-13-29(34)12-8-10-22-32(5,30(35)36)27-18-14-24(2)15-19-27/h14-21,26H,7-13,22-23H2,1-6H3,(H,35,36). The summed E-state index contributed by atoms with van der Waals surface area (Å²) in [6, 6.07) is 15.7. The molecule has 208 valence electrons. The van der Waals surface area contributed by atoms with Crippen molar-refractivity contribution in [3.05, 3.63) is 70.8 Å². The van der Waals surface area contributed by atoms with Crippen LogP contribution in [0.3, 0.4) is 0 Å². The van der Waals surface area contributed by atoms with Gasteiger partial charge in [-0.15, -0.1) is 0 Å². The molecular weight excluding hydrogens is 476 g/mol. The van der Waals surface area contributed by atoms with Crippen LogP contribution >= 0.6 is 0 Å². The Morgan fingerprint density at radius 1 is 0.763 bits per heavy atom. The monoisotopic (exact) mass is 522 g/mol. The van der Waals surface area contributed by atoms with Crippen LogP contribution in [0.15, 0.2) is 48.5 Å². The summed E-state index contributed by atoms with van der Waals surface area (Å²) in [4.78, 5) is 37.7. The number of carbonyl (C=O) groups excluding carboxylic acids is 2. The Labute approximate surface area is 229 Å². The Morgan fingerprint density at radius 2 is 1.18 bits per heavy atom. The highest BCUT2D eigenvalue weighted by atomic mass is 16.5. The molecule has 0 aromatic heterocycles. The lowest BCUT2D eigenvalue weighted by Crippen LogP contribution is -2.36. The molecule has 5 nitrogen and oxygen atoms in total. The Hall–Kier alpha value is -2.95. The third-order valence-corrected chi connectivity index (χ3v) is 7.95. The summed E-state index contributed by atoms with van der Waals surface area (Å²) >= 11 is 0. The summed E-state index contributed by atoms with van der Waals surface area (Å²) in [5.41, 5.74) is 2.26. The quantitative estimate of drug-likeness (QED) is 0.181. The Kier molecular flexibility index (Phi) is 11.7. The Bertz CT molecular complexity index is 1060. The van der Waals surface area contributed by atoms with E-state index in [4.69, 9.17) is 4.74 Å². The van der Waals surface area contributed by atoms with Gasteiger partial charge in [-0.05, 0) is 77.8 Å². The molecule has 0 aliphatic rings. The predicted molar refractivity (Wildman–Crippen MR) is 152 cm³/mol. The fraction of sp³-hybridized carbons (Fsp3) is 0.545. The SMILES string of the molecule is CCC(C)OC(=O)C(C)(CCCCC(=O)CCCCC(C)(C(=O)O)c1ccc(C)cc1)c1ccc(C)cc1. The molecular formula is C33H46O5. The van der Waals surface area contributed by atoms with Gasteiger partial charge in [0.1, 0.15) is 5.78 Å². The molecule has 0 fully saturated rings. The summed E-state index contributed by atoms with van der Waals surface area (Å²) in [5, 5.41) is 9.87. The van der Waals surface area contributed by atoms with Crippen molar-refractivity contribution in [1.82, 2.24) is 0 Å².